The van der Waals surface area contributed by atoms with Crippen LogP contribution in [0.5, 0.6) is 0 Å². The van der Waals surface area contributed by atoms with Gasteiger partial charge in [0.15, 0.2) is 0 Å². The van der Waals surface area contributed by atoms with Gasteiger partial charge < -0.3 is 9.73 Å². The van der Waals surface area contributed by atoms with Crippen LogP contribution >= 0.6 is 23.2 Å². The third-order valence-corrected chi connectivity index (χ3v) is 3.89. The van der Waals surface area contributed by atoms with Crippen molar-refractivity contribution in [3.63, 3.8) is 0 Å². The topological polar surface area (TPSA) is 25.2 Å². The molecule has 5 heteroatoms. The summed E-state index contributed by atoms with van der Waals surface area (Å²) in [7, 11) is 1.74. The number of furan rings is 1. The molecule has 21 heavy (non-hydrogen) atoms. The van der Waals surface area contributed by atoms with E-state index in [0.717, 1.165) is 5.39 Å². The molecule has 1 heterocycles. The summed E-state index contributed by atoms with van der Waals surface area (Å²) in [6, 6.07) is 11.7. The van der Waals surface area contributed by atoms with E-state index in [9.17, 15) is 4.39 Å². The highest BCUT2D eigenvalue weighted by molar-refractivity contribution is 6.31. The monoisotopic (exact) mass is 323 g/mol. The molecule has 2 aromatic carbocycles. The molecule has 0 radical (unpaired) electrons. The average Bonchev–Trinajstić information content (AvgIpc) is 2.87. The largest absolute Gasteiger partial charge is 0.459 e. The minimum atomic E-state index is -0.447. The van der Waals surface area contributed by atoms with Crippen molar-refractivity contribution in [3.8, 4) is 0 Å². The summed E-state index contributed by atoms with van der Waals surface area (Å²) >= 11 is 11.8. The smallest absolute Gasteiger partial charge is 0.147 e. The van der Waals surface area contributed by atoms with Crippen LogP contribution < -0.4 is 5.32 Å². The summed E-state index contributed by atoms with van der Waals surface area (Å²) in [6.07, 6.45) is 0. The fourth-order valence-corrected chi connectivity index (χ4v) is 2.73. The summed E-state index contributed by atoms with van der Waals surface area (Å²) in [5.41, 5.74) is 1.15. The fraction of sp³-hybridized carbons (Fsp3) is 0.125. The van der Waals surface area contributed by atoms with Gasteiger partial charge in [-0.25, -0.2) is 4.39 Å². The molecule has 0 aliphatic carbocycles. The van der Waals surface area contributed by atoms with Crippen LogP contribution in [0.4, 0.5) is 4.39 Å². The maximum atomic E-state index is 14.2. The lowest BCUT2D eigenvalue weighted by Crippen LogP contribution is -2.18. The molecule has 0 saturated carbocycles. The Hall–Kier alpha value is -1.55. The van der Waals surface area contributed by atoms with Crippen molar-refractivity contribution in [3.05, 3.63) is 69.7 Å². The van der Waals surface area contributed by atoms with E-state index in [4.69, 9.17) is 27.6 Å². The Morgan fingerprint density at radius 2 is 1.95 bits per heavy atom. The number of rotatable bonds is 3. The highest BCUT2D eigenvalue weighted by Crippen LogP contribution is 2.32. The Labute approximate surface area is 131 Å². The molecule has 0 aliphatic heterocycles. The standard InChI is InChI=1S/C16H12Cl2FNO/c1-20-16(11-3-2-4-12(18)15(11)19)14-8-9-7-10(17)5-6-13(9)21-14/h2-8,16,20H,1H3. The van der Waals surface area contributed by atoms with Crippen molar-refractivity contribution in [2.75, 3.05) is 7.05 Å². The van der Waals surface area contributed by atoms with Crippen LogP contribution in [0.3, 0.4) is 0 Å². The Bertz CT molecular complexity index is 800. The minimum absolute atomic E-state index is 0.0897. The molecule has 1 atom stereocenters. The van der Waals surface area contributed by atoms with Crippen molar-refractivity contribution in [2.24, 2.45) is 0 Å². The predicted molar refractivity (Wildman–Crippen MR) is 83.5 cm³/mol. The summed E-state index contributed by atoms with van der Waals surface area (Å²) in [4.78, 5) is 0. The Kier molecular flexibility index (Phi) is 3.89. The molecule has 0 amide bonds. The van der Waals surface area contributed by atoms with Gasteiger partial charge >= 0.3 is 0 Å². The van der Waals surface area contributed by atoms with Crippen LogP contribution in [-0.4, -0.2) is 7.05 Å². The van der Waals surface area contributed by atoms with Crippen LogP contribution in [0.15, 0.2) is 46.9 Å². The molecule has 0 spiro atoms. The SMILES string of the molecule is CNC(c1cc2cc(Cl)ccc2o1)c1cccc(Cl)c1F. The highest BCUT2D eigenvalue weighted by atomic mass is 35.5. The van der Waals surface area contributed by atoms with E-state index < -0.39 is 11.9 Å². The molecular formula is C16H12Cl2FNO. The molecule has 1 unspecified atom stereocenters. The third kappa shape index (κ3) is 2.64. The third-order valence-electron chi connectivity index (χ3n) is 3.36. The molecular weight excluding hydrogens is 312 g/mol. The number of benzene rings is 2. The lowest BCUT2D eigenvalue weighted by atomic mass is 10.0. The maximum absolute atomic E-state index is 14.2. The van der Waals surface area contributed by atoms with Crippen molar-refractivity contribution in [1.82, 2.24) is 5.32 Å². The quantitative estimate of drug-likeness (QED) is 0.717. The van der Waals surface area contributed by atoms with Crippen LogP contribution in [0, 0.1) is 5.82 Å². The van der Waals surface area contributed by atoms with E-state index in [0.29, 0.717) is 21.9 Å². The molecule has 0 aliphatic rings. The first-order chi connectivity index (χ1) is 10.1. The van der Waals surface area contributed by atoms with Crippen molar-refractivity contribution in [2.45, 2.75) is 6.04 Å². The van der Waals surface area contributed by atoms with Crippen LogP contribution in [0.2, 0.25) is 10.0 Å². The maximum Gasteiger partial charge on any atom is 0.147 e. The van der Waals surface area contributed by atoms with E-state index in [1.165, 1.54) is 6.07 Å². The molecule has 2 nitrogen and oxygen atoms in total. The lowest BCUT2D eigenvalue weighted by molar-refractivity contribution is 0.476. The number of fused-ring (bicyclic) bond motifs is 1. The van der Waals surface area contributed by atoms with E-state index in [2.05, 4.69) is 5.32 Å². The van der Waals surface area contributed by atoms with Crippen molar-refractivity contribution >= 4 is 34.2 Å². The second-order valence-electron chi connectivity index (χ2n) is 4.70. The summed E-state index contributed by atoms with van der Waals surface area (Å²) in [5, 5.41) is 4.65. The molecule has 3 rings (SSSR count). The first kappa shape index (κ1) is 14.4. The van der Waals surface area contributed by atoms with Gasteiger partial charge in [-0.2, -0.15) is 0 Å². The van der Waals surface area contributed by atoms with Crippen LogP contribution in [0.1, 0.15) is 17.4 Å². The van der Waals surface area contributed by atoms with Crippen LogP contribution in [0.25, 0.3) is 11.0 Å². The number of hydrogen-bond acceptors (Lipinski definition) is 2. The zero-order valence-corrected chi connectivity index (χ0v) is 12.7. The van der Waals surface area contributed by atoms with Crippen molar-refractivity contribution in [1.29, 1.82) is 0 Å². The Balaban J connectivity index is 2.11. The van der Waals surface area contributed by atoms with Gasteiger partial charge in [-0.3, -0.25) is 0 Å². The van der Waals surface area contributed by atoms with Gasteiger partial charge in [0.25, 0.3) is 0 Å². The summed E-state index contributed by atoms with van der Waals surface area (Å²) in [6.45, 7) is 0. The van der Waals surface area contributed by atoms with E-state index in [1.54, 1.807) is 31.3 Å². The fourth-order valence-electron chi connectivity index (χ4n) is 2.37. The summed E-state index contributed by atoms with van der Waals surface area (Å²) in [5.74, 6) is 0.160. The van der Waals surface area contributed by atoms with E-state index >= 15 is 0 Å². The Morgan fingerprint density at radius 1 is 1.14 bits per heavy atom. The van der Waals surface area contributed by atoms with Gasteiger partial charge in [-0.15, -0.1) is 0 Å². The number of hydrogen-bond donors (Lipinski definition) is 1. The molecule has 108 valence electrons. The second kappa shape index (κ2) is 5.68. The van der Waals surface area contributed by atoms with Gasteiger partial charge in [0.1, 0.15) is 17.2 Å². The minimum Gasteiger partial charge on any atom is -0.459 e. The first-order valence-electron chi connectivity index (χ1n) is 6.40. The normalized spacial score (nSPS) is 12.8. The molecule has 0 fully saturated rings. The molecule has 3 aromatic rings. The Morgan fingerprint density at radius 3 is 2.71 bits per heavy atom. The first-order valence-corrected chi connectivity index (χ1v) is 7.16. The average molecular weight is 324 g/mol. The van der Waals surface area contributed by atoms with E-state index in [1.807, 2.05) is 12.1 Å². The van der Waals surface area contributed by atoms with Gasteiger partial charge in [0.2, 0.25) is 0 Å². The predicted octanol–water partition coefficient (Wildman–Crippen LogP) is 5.19. The lowest BCUT2D eigenvalue weighted by Gasteiger charge is -2.15. The summed E-state index contributed by atoms with van der Waals surface area (Å²) < 4.78 is 20.0. The van der Waals surface area contributed by atoms with E-state index in [-0.39, 0.29) is 5.02 Å². The number of halogens is 3. The molecule has 0 saturated heterocycles. The van der Waals surface area contributed by atoms with Gasteiger partial charge in [0.05, 0.1) is 11.1 Å². The van der Waals surface area contributed by atoms with Gasteiger partial charge in [0, 0.05) is 16.0 Å². The molecule has 1 aromatic heterocycles. The number of nitrogens with one attached hydrogen (secondary N) is 1. The molecule has 0 bridgehead atoms. The highest BCUT2D eigenvalue weighted by Gasteiger charge is 2.21. The van der Waals surface area contributed by atoms with Crippen LogP contribution in [-0.2, 0) is 0 Å². The van der Waals surface area contributed by atoms with Gasteiger partial charge in [-0.05, 0) is 37.4 Å². The van der Waals surface area contributed by atoms with Gasteiger partial charge in [-0.1, -0.05) is 35.3 Å². The zero-order chi connectivity index (χ0) is 15.0. The zero-order valence-electron chi connectivity index (χ0n) is 11.2. The van der Waals surface area contributed by atoms with Crippen molar-refractivity contribution < 1.29 is 8.81 Å². The molecule has 1 N–H and O–H groups in total. The second-order valence-corrected chi connectivity index (χ2v) is 5.54.